The fourth-order valence-electron chi connectivity index (χ4n) is 8.55. The lowest BCUT2D eigenvalue weighted by Gasteiger charge is -2.09. The van der Waals surface area contributed by atoms with Crippen LogP contribution < -0.4 is 0 Å². The van der Waals surface area contributed by atoms with Crippen molar-refractivity contribution >= 4 is 53.4 Å². The van der Waals surface area contributed by atoms with Crippen molar-refractivity contribution < 1.29 is 4.42 Å². The van der Waals surface area contributed by atoms with Gasteiger partial charge in [0.15, 0.2) is 17.5 Å². The Morgan fingerprint density at radius 1 is 0.258 bits per heavy atom. The van der Waals surface area contributed by atoms with E-state index in [4.69, 9.17) is 19.4 Å². The van der Waals surface area contributed by atoms with Crippen molar-refractivity contribution in [2.45, 2.75) is 0 Å². The highest BCUT2D eigenvalue weighted by molar-refractivity contribution is 7.25. The third kappa shape index (κ3) is 6.53. The molecule has 0 aliphatic rings. The Hall–Kier alpha value is -7.99. The number of hydrogen-bond acceptors (Lipinski definition) is 5. The molecule has 0 spiro atoms. The standard InChI is InChI=1S/C57H35N3OS/c1-3-11-36(12-4-1)37-21-23-39(24-22-37)56-58-55(38-13-5-2-6-14-38)59-57(60-56)46-26-29-48-47-28-25-45(34-51(47)61-52(48)35-46)43-18-10-16-41(32-43)40-15-9-17-42(31-40)44-27-30-54-50(33-44)49-19-7-8-20-53(49)62-54/h1-35H. The summed E-state index contributed by atoms with van der Waals surface area (Å²) in [4.78, 5) is 15.0. The first kappa shape index (κ1) is 35.9. The molecule has 0 fully saturated rings. The average molecular weight is 810 g/mol. The first-order valence-electron chi connectivity index (χ1n) is 20.7. The summed E-state index contributed by atoms with van der Waals surface area (Å²) >= 11 is 1.85. The molecule has 5 heteroatoms. The zero-order valence-electron chi connectivity index (χ0n) is 33.4. The number of rotatable bonds is 7. The molecule has 12 aromatic rings. The molecule has 9 aromatic carbocycles. The van der Waals surface area contributed by atoms with Gasteiger partial charge in [-0.15, -0.1) is 11.3 Å². The summed E-state index contributed by atoms with van der Waals surface area (Å²) in [6, 6.07) is 74.7. The Balaban J connectivity index is 0.871. The SMILES string of the molecule is c1ccc(-c2ccc(-c3nc(-c4ccccc4)nc(-c4ccc5c(c4)oc4cc(-c6cccc(-c7cccc(-c8ccc9sc%10ccccc%10c9c8)c7)c6)ccc45)n3)cc2)cc1. The van der Waals surface area contributed by atoms with Gasteiger partial charge in [0.2, 0.25) is 0 Å². The number of furan rings is 1. The molecule has 0 aliphatic carbocycles. The van der Waals surface area contributed by atoms with Crippen LogP contribution in [0, 0.1) is 0 Å². The van der Waals surface area contributed by atoms with E-state index in [1.54, 1.807) is 0 Å². The molecule has 0 N–H and O–H groups in total. The highest BCUT2D eigenvalue weighted by Crippen LogP contribution is 2.39. The maximum Gasteiger partial charge on any atom is 0.164 e. The number of benzene rings is 9. The fourth-order valence-corrected chi connectivity index (χ4v) is 9.64. The van der Waals surface area contributed by atoms with Crippen LogP contribution in [0.25, 0.3) is 121 Å². The molecule has 3 aromatic heterocycles. The topological polar surface area (TPSA) is 51.8 Å². The number of nitrogens with zero attached hydrogens (tertiary/aromatic N) is 3. The molecule has 0 saturated carbocycles. The van der Waals surface area contributed by atoms with Crippen molar-refractivity contribution in [3.05, 3.63) is 212 Å². The zero-order valence-corrected chi connectivity index (χ0v) is 34.2. The molecule has 4 nitrogen and oxygen atoms in total. The van der Waals surface area contributed by atoms with Gasteiger partial charge in [-0.25, -0.2) is 15.0 Å². The summed E-state index contributed by atoms with van der Waals surface area (Å²) < 4.78 is 9.26. The third-order valence-electron chi connectivity index (χ3n) is 11.8. The molecule has 62 heavy (non-hydrogen) atoms. The Morgan fingerprint density at radius 3 is 1.31 bits per heavy atom. The van der Waals surface area contributed by atoms with Crippen molar-refractivity contribution in [1.82, 2.24) is 15.0 Å². The zero-order chi connectivity index (χ0) is 41.0. The van der Waals surface area contributed by atoms with Gasteiger partial charge in [-0.2, -0.15) is 0 Å². The van der Waals surface area contributed by atoms with Crippen LogP contribution in [0.15, 0.2) is 217 Å². The smallest absolute Gasteiger partial charge is 0.164 e. The molecule has 0 aliphatic heterocycles. The second-order valence-electron chi connectivity index (χ2n) is 15.6. The predicted molar refractivity (Wildman–Crippen MR) is 258 cm³/mol. The highest BCUT2D eigenvalue weighted by Gasteiger charge is 2.16. The summed E-state index contributed by atoms with van der Waals surface area (Å²) in [5.74, 6) is 1.82. The quantitative estimate of drug-likeness (QED) is 0.161. The lowest BCUT2D eigenvalue weighted by Crippen LogP contribution is -2.00. The van der Waals surface area contributed by atoms with Gasteiger partial charge < -0.3 is 4.42 Å². The fraction of sp³-hybridized carbons (Fsp3) is 0. The Morgan fingerprint density at radius 2 is 0.661 bits per heavy atom. The van der Waals surface area contributed by atoms with Gasteiger partial charge in [-0.3, -0.25) is 0 Å². The molecule has 0 bridgehead atoms. The van der Waals surface area contributed by atoms with Crippen molar-refractivity contribution in [1.29, 1.82) is 0 Å². The average Bonchev–Trinajstić information content (AvgIpc) is 3.92. The summed E-state index contributed by atoms with van der Waals surface area (Å²) in [7, 11) is 0. The van der Waals surface area contributed by atoms with Crippen LogP contribution in [-0.4, -0.2) is 15.0 Å². The van der Waals surface area contributed by atoms with Crippen LogP contribution >= 0.6 is 11.3 Å². The van der Waals surface area contributed by atoms with E-state index in [0.29, 0.717) is 17.5 Å². The molecule has 0 amide bonds. The predicted octanol–water partition coefficient (Wildman–Crippen LogP) is 15.8. The van der Waals surface area contributed by atoms with E-state index in [-0.39, 0.29) is 0 Å². The second-order valence-corrected chi connectivity index (χ2v) is 16.7. The molecule has 290 valence electrons. The summed E-state index contributed by atoms with van der Waals surface area (Å²) in [5, 5.41) is 4.74. The number of fused-ring (bicyclic) bond motifs is 6. The Labute approximate surface area is 362 Å². The maximum atomic E-state index is 6.62. The van der Waals surface area contributed by atoms with Gasteiger partial charge in [-0.1, -0.05) is 158 Å². The Bertz CT molecular complexity index is 3630. The monoisotopic (exact) mass is 809 g/mol. The second kappa shape index (κ2) is 14.9. The van der Waals surface area contributed by atoms with Gasteiger partial charge >= 0.3 is 0 Å². The van der Waals surface area contributed by atoms with Gasteiger partial charge in [0.05, 0.1) is 0 Å². The van der Waals surface area contributed by atoms with Crippen LogP contribution in [0.4, 0.5) is 0 Å². The lowest BCUT2D eigenvalue weighted by molar-refractivity contribution is 0.669. The lowest BCUT2D eigenvalue weighted by atomic mass is 9.95. The number of thiophene rings is 1. The van der Waals surface area contributed by atoms with E-state index in [1.807, 2.05) is 53.8 Å². The van der Waals surface area contributed by atoms with Crippen molar-refractivity contribution in [3.63, 3.8) is 0 Å². The molecular formula is C57H35N3OS. The van der Waals surface area contributed by atoms with Crippen molar-refractivity contribution in [2.75, 3.05) is 0 Å². The van der Waals surface area contributed by atoms with Crippen LogP contribution in [0.5, 0.6) is 0 Å². The van der Waals surface area contributed by atoms with Crippen molar-refractivity contribution in [2.24, 2.45) is 0 Å². The molecular weight excluding hydrogens is 775 g/mol. The van der Waals surface area contributed by atoms with Crippen LogP contribution in [0.2, 0.25) is 0 Å². The Kier molecular flexibility index (Phi) is 8.65. The summed E-state index contributed by atoms with van der Waals surface area (Å²) in [6.07, 6.45) is 0. The maximum absolute atomic E-state index is 6.62. The highest BCUT2D eigenvalue weighted by atomic mass is 32.1. The normalized spacial score (nSPS) is 11.5. The van der Waals surface area contributed by atoms with E-state index in [1.165, 1.54) is 48.0 Å². The number of aromatic nitrogens is 3. The molecule has 0 atom stereocenters. The van der Waals surface area contributed by atoms with E-state index < -0.39 is 0 Å². The minimum atomic E-state index is 0.588. The van der Waals surface area contributed by atoms with Gasteiger partial charge in [0, 0.05) is 47.6 Å². The minimum Gasteiger partial charge on any atom is -0.456 e. The van der Waals surface area contributed by atoms with E-state index in [9.17, 15) is 0 Å². The molecule has 0 saturated heterocycles. The van der Waals surface area contributed by atoms with Crippen LogP contribution in [0.3, 0.4) is 0 Å². The molecule has 0 unspecified atom stereocenters. The minimum absolute atomic E-state index is 0.588. The van der Waals surface area contributed by atoms with E-state index in [0.717, 1.165) is 55.3 Å². The van der Waals surface area contributed by atoms with Gasteiger partial charge in [0.1, 0.15) is 11.2 Å². The first-order chi connectivity index (χ1) is 30.7. The van der Waals surface area contributed by atoms with Crippen molar-refractivity contribution in [3.8, 4) is 78.7 Å². The first-order valence-corrected chi connectivity index (χ1v) is 21.6. The van der Waals surface area contributed by atoms with Gasteiger partial charge in [0.25, 0.3) is 0 Å². The van der Waals surface area contributed by atoms with E-state index >= 15 is 0 Å². The molecule has 12 rings (SSSR count). The number of hydrogen-bond donors (Lipinski definition) is 0. The van der Waals surface area contributed by atoms with Gasteiger partial charge in [-0.05, 0) is 99.1 Å². The van der Waals surface area contributed by atoms with Crippen LogP contribution in [0.1, 0.15) is 0 Å². The molecule has 0 radical (unpaired) electrons. The summed E-state index contributed by atoms with van der Waals surface area (Å²) in [6.45, 7) is 0. The van der Waals surface area contributed by atoms with Crippen LogP contribution in [-0.2, 0) is 0 Å². The van der Waals surface area contributed by atoms with E-state index in [2.05, 4.69) is 170 Å². The molecule has 3 heterocycles. The third-order valence-corrected chi connectivity index (χ3v) is 12.9. The summed E-state index contributed by atoms with van der Waals surface area (Å²) in [5.41, 5.74) is 13.6. The largest absolute Gasteiger partial charge is 0.456 e.